The van der Waals surface area contributed by atoms with Crippen LogP contribution in [0.2, 0.25) is 0 Å². The maximum absolute atomic E-state index is 11.3. The van der Waals surface area contributed by atoms with Crippen LogP contribution in [0.25, 0.3) is 16.6 Å². The molecule has 0 saturated carbocycles. The van der Waals surface area contributed by atoms with E-state index in [1.54, 1.807) is 30.7 Å². The summed E-state index contributed by atoms with van der Waals surface area (Å²) in [4.78, 5) is 24.3. The Kier molecular flexibility index (Phi) is 5.53. The molecule has 11 nitrogen and oxygen atoms in total. The molecule has 11 heteroatoms. The summed E-state index contributed by atoms with van der Waals surface area (Å²) in [6.07, 6.45) is 3.22. The molecular weight excluding hydrogens is 424 g/mol. The molecule has 0 amide bonds. The van der Waals surface area contributed by atoms with E-state index in [4.69, 9.17) is 4.74 Å². The first-order valence-corrected chi connectivity index (χ1v) is 10.5. The van der Waals surface area contributed by atoms with Gasteiger partial charge in [0.15, 0.2) is 0 Å². The minimum atomic E-state index is -0.442. The minimum absolute atomic E-state index is 0.0409. The highest BCUT2D eigenvalue weighted by Crippen LogP contribution is 2.28. The van der Waals surface area contributed by atoms with Gasteiger partial charge in [0.1, 0.15) is 35.9 Å². The van der Waals surface area contributed by atoms with Crippen molar-refractivity contribution in [2.75, 3.05) is 38.1 Å². The fourth-order valence-corrected chi connectivity index (χ4v) is 3.83. The highest BCUT2D eigenvalue weighted by molar-refractivity contribution is 5.90. The van der Waals surface area contributed by atoms with Gasteiger partial charge < -0.3 is 14.5 Å². The molecule has 33 heavy (non-hydrogen) atoms. The number of hydrogen-bond acceptors (Lipinski definition) is 9. The number of para-hydroxylation sites is 2. The number of nitro groups is 1. The van der Waals surface area contributed by atoms with Crippen LogP contribution in [0.1, 0.15) is 5.69 Å². The quantitative estimate of drug-likeness (QED) is 0.325. The highest BCUT2D eigenvalue weighted by Gasteiger charge is 2.19. The van der Waals surface area contributed by atoms with E-state index in [1.807, 2.05) is 18.2 Å². The van der Waals surface area contributed by atoms with E-state index < -0.39 is 4.92 Å². The third-order valence-electron chi connectivity index (χ3n) is 5.64. The summed E-state index contributed by atoms with van der Waals surface area (Å²) in [5, 5.41) is 20.3. The number of anilines is 1. The van der Waals surface area contributed by atoms with E-state index in [9.17, 15) is 10.1 Å². The zero-order valence-electron chi connectivity index (χ0n) is 18.0. The van der Waals surface area contributed by atoms with Gasteiger partial charge >= 0.3 is 0 Å². The smallest absolute Gasteiger partial charge is 0.294 e. The number of piperazine rings is 1. The molecule has 0 atom stereocenters. The molecule has 0 spiro atoms. The zero-order valence-corrected chi connectivity index (χ0v) is 18.0. The zero-order chi connectivity index (χ0) is 22.8. The lowest BCUT2D eigenvalue weighted by atomic mass is 10.2. The van der Waals surface area contributed by atoms with Crippen molar-refractivity contribution in [1.29, 1.82) is 0 Å². The van der Waals surface area contributed by atoms with Crippen LogP contribution < -0.4 is 9.64 Å². The summed E-state index contributed by atoms with van der Waals surface area (Å²) in [7, 11) is 2.12. The average molecular weight is 446 g/mol. The molecule has 5 rings (SSSR count). The predicted octanol–water partition coefficient (Wildman–Crippen LogP) is 2.45. The van der Waals surface area contributed by atoms with Crippen LogP contribution in [0.5, 0.6) is 5.75 Å². The minimum Gasteiger partial charge on any atom is -0.487 e. The van der Waals surface area contributed by atoms with Gasteiger partial charge in [-0.3, -0.25) is 10.1 Å². The third-order valence-corrected chi connectivity index (χ3v) is 5.64. The van der Waals surface area contributed by atoms with Crippen molar-refractivity contribution in [3.05, 3.63) is 70.8 Å². The molecular formula is C22H22N8O3. The fourth-order valence-electron chi connectivity index (χ4n) is 3.83. The number of nitro benzene ring substituents is 1. The second-order valence-electron chi connectivity index (χ2n) is 7.86. The number of fused-ring (bicyclic) bond motifs is 1. The summed E-state index contributed by atoms with van der Waals surface area (Å²) in [5.74, 6) is 1.56. The molecule has 1 aliphatic heterocycles. The lowest BCUT2D eigenvalue weighted by Gasteiger charge is -2.33. The maximum Gasteiger partial charge on any atom is 0.294 e. The Bertz CT molecular complexity index is 1300. The highest BCUT2D eigenvalue weighted by atomic mass is 16.6. The van der Waals surface area contributed by atoms with Crippen molar-refractivity contribution in [1.82, 2.24) is 29.9 Å². The topological polar surface area (TPSA) is 115 Å². The number of aromatic nitrogens is 5. The molecule has 168 valence electrons. The second kappa shape index (κ2) is 8.79. The van der Waals surface area contributed by atoms with Crippen molar-refractivity contribution in [2.45, 2.75) is 6.61 Å². The van der Waals surface area contributed by atoms with Gasteiger partial charge in [0, 0.05) is 37.6 Å². The van der Waals surface area contributed by atoms with Gasteiger partial charge in [0.05, 0.1) is 16.6 Å². The van der Waals surface area contributed by atoms with Gasteiger partial charge in [-0.1, -0.05) is 17.3 Å². The summed E-state index contributed by atoms with van der Waals surface area (Å²) in [6, 6.07) is 12.1. The Hall–Kier alpha value is -4.12. The first-order valence-electron chi connectivity index (χ1n) is 10.5. The first kappa shape index (κ1) is 20.8. The van der Waals surface area contributed by atoms with Crippen LogP contribution in [0.15, 0.2) is 55.0 Å². The molecule has 0 N–H and O–H groups in total. The summed E-state index contributed by atoms with van der Waals surface area (Å²) in [6.45, 7) is 3.95. The van der Waals surface area contributed by atoms with E-state index in [0.717, 1.165) is 42.9 Å². The number of ether oxygens (including phenoxy) is 1. The summed E-state index contributed by atoms with van der Waals surface area (Å²) in [5.41, 5.74) is 1.72. The molecule has 0 aliphatic carbocycles. The van der Waals surface area contributed by atoms with Crippen molar-refractivity contribution in [2.24, 2.45) is 0 Å². The Morgan fingerprint density at radius 3 is 2.73 bits per heavy atom. The van der Waals surface area contributed by atoms with Crippen LogP contribution in [-0.4, -0.2) is 68.0 Å². The van der Waals surface area contributed by atoms with E-state index in [1.165, 1.54) is 10.7 Å². The van der Waals surface area contributed by atoms with Gasteiger partial charge in [-0.25, -0.2) is 14.6 Å². The van der Waals surface area contributed by atoms with E-state index in [-0.39, 0.29) is 12.3 Å². The van der Waals surface area contributed by atoms with Gasteiger partial charge in [-0.15, -0.1) is 5.10 Å². The van der Waals surface area contributed by atoms with E-state index >= 15 is 0 Å². The van der Waals surface area contributed by atoms with Gasteiger partial charge in [-0.2, -0.15) is 0 Å². The molecule has 2 aromatic carbocycles. The second-order valence-corrected chi connectivity index (χ2v) is 7.86. The SMILES string of the molecule is CN1CCN(c2ncnc3ccc(OCc4cn(-c5ccccc5[N+](=O)[O-])nn4)cc23)CC1. The fraction of sp³-hybridized carbons (Fsp3) is 0.273. The number of likely N-dealkylation sites (N-methyl/N-ethyl adjacent to an activating group) is 1. The van der Waals surface area contributed by atoms with Crippen molar-refractivity contribution < 1.29 is 9.66 Å². The molecule has 0 unspecified atom stereocenters. The Balaban J connectivity index is 1.35. The Morgan fingerprint density at radius 2 is 1.91 bits per heavy atom. The molecule has 0 bridgehead atoms. The normalized spacial score (nSPS) is 14.5. The van der Waals surface area contributed by atoms with Crippen LogP contribution in [0.3, 0.4) is 0 Å². The van der Waals surface area contributed by atoms with Gasteiger partial charge in [-0.05, 0) is 31.3 Å². The number of nitrogens with zero attached hydrogens (tertiary/aromatic N) is 8. The molecule has 1 aliphatic rings. The van der Waals surface area contributed by atoms with Crippen LogP contribution in [-0.2, 0) is 6.61 Å². The Labute approximate surface area is 189 Å². The summed E-state index contributed by atoms with van der Waals surface area (Å²) < 4.78 is 7.34. The molecule has 3 heterocycles. The third kappa shape index (κ3) is 4.30. The molecule has 2 aromatic heterocycles. The molecule has 0 radical (unpaired) electrons. The molecule has 1 saturated heterocycles. The first-order chi connectivity index (χ1) is 16.1. The van der Waals surface area contributed by atoms with Crippen molar-refractivity contribution in [3.63, 3.8) is 0 Å². The van der Waals surface area contributed by atoms with Crippen LogP contribution in [0, 0.1) is 10.1 Å². The average Bonchev–Trinajstić information content (AvgIpc) is 3.32. The monoisotopic (exact) mass is 446 g/mol. The largest absolute Gasteiger partial charge is 0.487 e. The van der Waals surface area contributed by atoms with Crippen molar-refractivity contribution >= 4 is 22.4 Å². The molecule has 1 fully saturated rings. The van der Waals surface area contributed by atoms with Gasteiger partial charge in [0.25, 0.3) is 5.69 Å². The molecule has 4 aromatic rings. The van der Waals surface area contributed by atoms with Crippen molar-refractivity contribution in [3.8, 4) is 11.4 Å². The van der Waals surface area contributed by atoms with Crippen LogP contribution in [0.4, 0.5) is 11.5 Å². The standard InChI is InChI=1S/C22H22N8O3/c1-27-8-10-28(11-9-27)22-18-12-17(6-7-19(18)23-15-24-22)33-14-16-13-29(26-25-16)20-4-2-3-5-21(20)30(31)32/h2-7,12-13,15H,8-11,14H2,1H3. The number of benzene rings is 2. The predicted molar refractivity (Wildman–Crippen MR) is 122 cm³/mol. The number of rotatable bonds is 6. The lowest BCUT2D eigenvalue weighted by molar-refractivity contribution is -0.384. The Morgan fingerprint density at radius 1 is 1.09 bits per heavy atom. The van der Waals surface area contributed by atoms with E-state index in [0.29, 0.717) is 17.1 Å². The van der Waals surface area contributed by atoms with E-state index in [2.05, 4.69) is 37.1 Å². The lowest BCUT2D eigenvalue weighted by Crippen LogP contribution is -2.44. The summed E-state index contributed by atoms with van der Waals surface area (Å²) >= 11 is 0. The number of hydrogen-bond donors (Lipinski definition) is 0. The maximum atomic E-state index is 11.3. The van der Waals surface area contributed by atoms with Crippen LogP contribution >= 0.6 is 0 Å². The van der Waals surface area contributed by atoms with Gasteiger partial charge in [0.2, 0.25) is 0 Å².